The summed E-state index contributed by atoms with van der Waals surface area (Å²) < 4.78 is 15.5. The van der Waals surface area contributed by atoms with Crippen LogP contribution in [0.5, 0.6) is 5.88 Å². The van der Waals surface area contributed by atoms with Gasteiger partial charge in [0.25, 0.3) is 5.91 Å². The van der Waals surface area contributed by atoms with Gasteiger partial charge in [-0.3, -0.25) is 9.48 Å². The summed E-state index contributed by atoms with van der Waals surface area (Å²) in [5.41, 5.74) is 5.26. The van der Waals surface area contributed by atoms with Crippen LogP contribution in [0.15, 0.2) is 35.3 Å². The SMILES string of the molecule is CCn1ncc(-c2nc3c(OC4CCN(C(=O)c5cc6occc6[nH]5)C4)ncnc3n2C)c1C. The smallest absolute Gasteiger partial charge is 0.270 e. The number of hydrogen-bond donors (Lipinski definition) is 1. The molecule has 0 saturated carbocycles. The summed E-state index contributed by atoms with van der Waals surface area (Å²) in [5.74, 6) is 1.11. The van der Waals surface area contributed by atoms with Gasteiger partial charge in [-0.05, 0) is 13.8 Å². The van der Waals surface area contributed by atoms with E-state index in [1.807, 2.05) is 29.4 Å². The van der Waals surface area contributed by atoms with Crippen LogP contribution in [0.2, 0.25) is 0 Å². The Hall–Kier alpha value is -4.15. The Bertz CT molecular complexity index is 1500. The van der Waals surface area contributed by atoms with Crippen molar-refractivity contribution in [1.82, 2.24) is 39.2 Å². The van der Waals surface area contributed by atoms with E-state index in [0.717, 1.165) is 29.1 Å². The van der Waals surface area contributed by atoms with Crippen LogP contribution in [0.4, 0.5) is 0 Å². The zero-order valence-electron chi connectivity index (χ0n) is 19.1. The predicted molar refractivity (Wildman–Crippen MR) is 123 cm³/mol. The Balaban J connectivity index is 1.24. The second-order valence-corrected chi connectivity index (χ2v) is 8.47. The number of nitrogens with zero attached hydrogens (tertiary/aromatic N) is 7. The molecule has 0 radical (unpaired) electrons. The molecule has 1 saturated heterocycles. The number of likely N-dealkylation sites (tertiary alicyclic amines) is 1. The lowest BCUT2D eigenvalue weighted by molar-refractivity contribution is 0.0766. The zero-order valence-corrected chi connectivity index (χ0v) is 19.1. The number of rotatable bonds is 5. The molecule has 1 N–H and O–H groups in total. The van der Waals surface area contributed by atoms with Gasteiger partial charge in [0.05, 0.1) is 30.1 Å². The van der Waals surface area contributed by atoms with Crippen LogP contribution in [-0.2, 0) is 13.6 Å². The summed E-state index contributed by atoms with van der Waals surface area (Å²) in [6, 6.07) is 3.54. The van der Waals surface area contributed by atoms with Crippen molar-refractivity contribution < 1.29 is 13.9 Å². The molecule has 0 bridgehead atoms. The number of carbonyl (C=O) groups is 1. The molecule has 11 heteroatoms. The molecule has 5 aromatic heterocycles. The van der Waals surface area contributed by atoms with Gasteiger partial charge in [0.2, 0.25) is 5.88 Å². The first-order valence-corrected chi connectivity index (χ1v) is 11.3. The first-order chi connectivity index (χ1) is 16.5. The predicted octanol–water partition coefficient (Wildman–Crippen LogP) is 2.92. The molecule has 1 atom stereocenters. The highest BCUT2D eigenvalue weighted by molar-refractivity contribution is 5.97. The van der Waals surface area contributed by atoms with E-state index in [1.54, 1.807) is 23.3 Å². The van der Waals surface area contributed by atoms with Crippen LogP contribution < -0.4 is 4.74 Å². The Morgan fingerprint density at radius 2 is 2.24 bits per heavy atom. The molecule has 1 amide bonds. The summed E-state index contributed by atoms with van der Waals surface area (Å²) in [7, 11) is 1.92. The fourth-order valence-electron chi connectivity index (χ4n) is 4.59. The second kappa shape index (κ2) is 7.72. The molecule has 6 heterocycles. The first kappa shape index (κ1) is 20.5. The molecule has 0 aromatic carbocycles. The van der Waals surface area contributed by atoms with Gasteiger partial charge in [0.1, 0.15) is 23.9 Å². The van der Waals surface area contributed by atoms with Crippen molar-refractivity contribution in [1.29, 1.82) is 0 Å². The molecule has 0 spiro atoms. The monoisotopic (exact) mass is 460 g/mol. The maximum Gasteiger partial charge on any atom is 0.270 e. The normalized spacial score (nSPS) is 16.2. The highest BCUT2D eigenvalue weighted by Gasteiger charge is 2.30. The number of ether oxygens (including phenoxy) is 1. The van der Waals surface area contributed by atoms with Crippen LogP contribution >= 0.6 is 0 Å². The minimum atomic E-state index is -0.185. The van der Waals surface area contributed by atoms with E-state index in [-0.39, 0.29) is 12.0 Å². The summed E-state index contributed by atoms with van der Waals surface area (Å²) in [4.78, 5) is 31.4. The fourth-order valence-corrected chi connectivity index (χ4v) is 4.59. The number of carbonyl (C=O) groups excluding carboxylic acids is 1. The number of fused-ring (bicyclic) bond motifs is 2. The van der Waals surface area contributed by atoms with Crippen molar-refractivity contribution >= 4 is 28.2 Å². The van der Waals surface area contributed by atoms with Crippen molar-refractivity contribution in [2.75, 3.05) is 13.1 Å². The van der Waals surface area contributed by atoms with Gasteiger partial charge in [0.15, 0.2) is 16.7 Å². The van der Waals surface area contributed by atoms with E-state index in [2.05, 4.69) is 27.0 Å². The minimum absolute atomic E-state index is 0.0751. The van der Waals surface area contributed by atoms with Crippen molar-refractivity contribution in [2.45, 2.75) is 32.9 Å². The van der Waals surface area contributed by atoms with E-state index in [1.165, 1.54) is 6.33 Å². The average molecular weight is 460 g/mol. The number of imidazole rings is 1. The number of aromatic nitrogens is 7. The number of aryl methyl sites for hydroxylation is 2. The van der Waals surface area contributed by atoms with E-state index >= 15 is 0 Å². The number of hydrogen-bond acceptors (Lipinski definition) is 7. The largest absolute Gasteiger partial charge is 0.471 e. The first-order valence-electron chi connectivity index (χ1n) is 11.3. The average Bonchev–Trinajstić information content (AvgIpc) is 3.63. The highest BCUT2D eigenvalue weighted by atomic mass is 16.5. The molecule has 5 aromatic rings. The van der Waals surface area contributed by atoms with Crippen LogP contribution in [0.3, 0.4) is 0 Å². The molecule has 6 rings (SSSR count). The van der Waals surface area contributed by atoms with E-state index in [9.17, 15) is 4.79 Å². The summed E-state index contributed by atoms with van der Waals surface area (Å²) in [6.45, 7) is 5.93. The molecule has 1 aliphatic rings. The van der Waals surface area contributed by atoms with Crippen molar-refractivity contribution in [2.24, 2.45) is 7.05 Å². The van der Waals surface area contributed by atoms with E-state index in [0.29, 0.717) is 47.8 Å². The standard InChI is InChI=1S/C23H24N8O3/c1-4-31-13(2)15(10-26-31)20-28-19-21(29(20)3)24-12-25-22(19)34-14-5-7-30(11-14)23(32)17-9-18-16(27-17)6-8-33-18/h6,8-10,12,14,27H,4-5,7,11H2,1-3H3. The van der Waals surface area contributed by atoms with Gasteiger partial charge in [-0.2, -0.15) is 10.1 Å². The Kier molecular flexibility index (Phi) is 4.64. The second-order valence-electron chi connectivity index (χ2n) is 8.47. The Morgan fingerprint density at radius 1 is 1.35 bits per heavy atom. The molecule has 1 aliphatic heterocycles. The molecule has 1 unspecified atom stereocenters. The molecule has 11 nitrogen and oxygen atoms in total. The maximum absolute atomic E-state index is 12.9. The number of furan rings is 1. The number of nitrogens with one attached hydrogen (secondary N) is 1. The van der Waals surface area contributed by atoms with Crippen LogP contribution in [-0.4, -0.2) is 64.3 Å². The molecule has 0 aliphatic carbocycles. The topological polar surface area (TPSA) is 120 Å². The van der Waals surface area contributed by atoms with E-state index < -0.39 is 0 Å². The Labute approximate surface area is 194 Å². The van der Waals surface area contributed by atoms with E-state index in [4.69, 9.17) is 14.1 Å². The number of H-pyrrole nitrogens is 1. The van der Waals surface area contributed by atoms with Gasteiger partial charge in [-0.1, -0.05) is 0 Å². The van der Waals surface area contributed by atoms with Crippen molar-refractivity contribution in [3.05, 3.63) is 42.3 Å². The van der Waals surface area contributed by atoms with Crippen LogP contribution in [0, 0.1) is 6.92 Å². The summed E-state index contributed by atoms with van der Waals surface area (Å²) in [5, 5.41) is 4.44. The maximum atomic E-state index is 12.9. The zero-order chi connectivity index (χ0) is 23.4. The van der Waals surface area contributed by atoms with Gasteiger partial charge >= 0.3 is 0 Å². The molecule has 1 fully saturated rings. The third-order valence-corrected chi connectivity index (χ3v) is 6.45. The molecule has 34 heavy (non-hydrogen) atoms. The fraction of sp³-hybridized carbons (Fsp3) is 0.348. The van der Waals surface area contributed by atoms with Gasteiger partial charge in [-0.25, -0.2) is 9.97 Å². The van der Waals surface area contributed by atoms with Crippen molar-refractivity contribution in [3.63, 3.8) is 0 Å². The minimum Gasteiger partial charge on any atom is -0.471 e. The van der Waals surface area contributed by atoms with Gasteiger partial charge < -0.3 is 23.6 Å². The summed E-state index contributed by atoms with van der Waals surface area (Å²) in [6.07, 6.45) is 5.42. The molecule has 174 valence electrons. The molecular weight excluding hydrogens is 436 g/mol. The van der Waals surface area contributed by atoms with Crippen LogP contribution in [0.1, 0.15) is 29.5 Å². The van der Waals surface area contributed by atoms with Crippen LogP contribution in [0.25, 0.3) is 33.7 Å². The third-order valence-electron chi connectivity index (χ3n) is 6.45. The van der Waals surface area contributed by atoms with Gasteiger partial charge in [-0.15, -0.1) is 0 Å². The number of aromatic amines is 1. The number of amides is 1. The molecular formula is C23H24N8O3. The summed E-state index contributed by atoms with van der Waals surface area (Å²) >= 11 is 0. The van der Waals surface area contributed by atoms with Crippen molar-refractivity contribution in [3.8, 4) is 17.3 Å². The third kappa shape index (κ3) is 3.15. The Morgan fingerprint density at radius 3 is 3.03 bits per heavy atom. The van der Waals surface area contributed by atoms with Gasteiger partial charge in [0, 0.05) is 44.4 Å². The lowest BCUT2D eigenvalue weighted by Crippen LogP contribution is -2.31. The lowest BCUT2D eigenvalue weighted by atomic mass is 10.2. The quantitative estimate of drug-likeness (QED) is 0.428. The lowest BCUT2D eigenvalue weighted by Gasteiger charge is -2.16. The highest BCUT2D eigenvalue weighted by Crippen LogP contribution is 2.30.